The fourth-order valence-electron chi connectivity index (χ4n) is 3.84. The summed E-state index contributed by atoms with van der Waals surface area (Å²) in [6, 6.07) is 7.52. The molecule has 3 atom stereocenters. The maximum atomic E-state index is 12.6. The van der Waals surface area contributed by atoms with E-state index in [0.717, 1.165) is 18.2 Å². The number of carbonyl (C=O) groups is 2. The van der Waals surface area contributed by atoms with Crippen molar-refractivity contribution >= 4 is 22.8 Å². The van der Waals surface area contributed by atoms with Crippen LogP contribution in [0.3, 0.4) is 0 Å². The maximum Gasteiger partial charge on any atom is 0.375 e. The summed E-state index contributed by atoms with van der Waals surface area (Å²) in [5.74, 6) is 0.176. The van der Waals surface area contributed by atoms with Gasteiger partial charge in [-0.05, 0) is 31.2 Å². The van der Waals surface area contributed by atoms with Gasteiger partial charge in [0, 0.05) is 23.6 Å². The third-order valence-electron chi connectivity index (χ3n) is 5.72. The molecular formula is C22H29NO5. The maximum absolute atomic E-state index is 12.6. The number of ether oxygens (including phenoxy) is 2. The van der Waals surface area contributed by atoms with Crippen molar-refractivity contribution in [3.8, 4) is 0 Å². The van der Waals surface area contributed by atoms with Crippen LogP contribution in [0, 0.1) is 11.8 Å². The molecular weight excluding hydrogens is 358 g/mol. The standard InChI is InChI=1S/C22H29NO5/c1-4-26-12-17-16-9-5-6-11-19(16)28-21(17)22(25)27-13-20(24)23-18-10-7-8-14(2)15(18)3/h5-6,9,11,14-15,18H,4,7-8,10,12-13H2,1-3H3,(H,23,24)/t14-,15+,18-/m1/s1. The Morgan fingerprint density at radius 2 is 2.00 bits per heavy atom. The number of esters is 1. The molecule has 2 aromatic rings. The lowest BCUT2D eigenvalue weighted by molar-refractivity contribution is -0.125. The second-order valence-corrected chi connectivity index (χ2v) is 7.56. The smallest absolute Gasteiger partial charge is 0.375 e. The topological polar surface area (TPSA) is 77.8 Å². The summed E-state index contributed by atoms with van der Waals surface area (Å²) in [5, 5.41) is 3.83. The lowest BCUT2D eigenvalue weighted by Crippen LogP contribution is -2.45. The molecule has 0 unspecified atom stereocenters. The van der Waals surface area contributed by atoms with Crippen molar-refractivity contribution in [2.24, 2.45) is 11.8 Å². The van der Waals surface area contributed by atoms with Crippen LogP contribution >= 0.6 is 0 Å². The molecule has 1 fully saturated rings. The Bertz CT molecular complexity index is 827. The van der Waals surface area contributed by atoms with Crippen molar-refractivity contribution in [1.82, 2.24) is 5.32 Å². The van der Waals surface area contributed by atoms with Gasteiger partial charge in [0.1, 0.15) is 5.58 Å². The van der Waals surface area contributed by atoms with Crippen molar-refractivity contribution in [3.63, 3.8) is 0 Å². The molecule has 0 spiro atoms. The molecule has 0 radical (unpaired) electrons. The molecule has 1 N–H and O–H groups in total. The molecule has 0 saturated heterocycles. The second kappa shape index (κ2) is 9.24. The minimum absolute atomic E-state index is 0.0992. The van der Waals surface area contributed by atoms with Gasteiger partial charge in [-0.1, -0.05) is 44.9 Å². The monoisotopic (exact) mass is 387 g/mol. The van der Waals surface area contributed by atoms with Gasteiger partial charge in [-0.25, -0.2) is 4.79 Å². The molecule has 1 aliphatic carbocycles. The van der Waals surface area contributed by atoms with Crippen LogP contribution in [0.5, 0.6) is 0 Å². The number of carbonyl (C=O) groups excluding carboxylic acids is 2. The zero-order valence-corrected chi connectivity index (χ0v) is 16.8. The molecule has 1 heterocycles. The van der Waals surface area contributed by atoms with Gasteiger partial charge < -0.3 is 19.2 Å². The molecule has 28 heavy (non-hydrogen) atoms. The SMILES string of the molecule is CCOCc1c(C(=O)OCC(=O)N[C@@H]2CCC[C@@H](C)[C@@H]2C)oc2ccccc12. The minimum Gasteiger partial charge on any atom is -0.450 e. The number of nitrogens with one attached hydrogen (secondary N) is 1. The Morgan fingerprint density at radius 1 is 1.21 bits per heavy atom. The van der Waals surface area contributed by atoms with Gasteiger partial charge in [0.15, 0.2) is 6.61 Å². The summed E-state index contributed by atoms with van der Waals surface area (Å²) in [4.78, 5) is 24.8. The number of rotatable bonds is 7. The zero-order chi connectivity index (χ0) is 20.1. The Balaban J connectivity index is 1.63. The third-order valence-corrected chi connectivity index (χ3v) is 5.72. The highest BCUT2D eigenvalue weighted by Crippen LogP contribution is 2.30. The van der Waals surface area contributed by atoms with Gasteiger partial charge in [0.05, 0.1) is 6.61 Å². The first-order chi connectivity index (χ1) is 13.5. The number of furan rings is 1. The number of amides is 1. The average molecular weight is 387 g/mol. The van der Waals surface area contributed by atoms with Crippen LogP contribution in [-0.4, -0.2) is 31.1 Å². The number of para-hydroxylation sites is 1. The Hall–Kier alpha value is -2.34. The molecule has 1 saturated carbocycles. The molecule has 3 rings (SSSR count). The van der Waals surface area contributed by atoms with E-state index in [4.69, 9.17) is 13.9 Å². The molecule has 6 heteroatoms. The van der Waals surface area contributed by atoms with Crippen molar-refractivity contribution in [2.75, 3.05) is 13.2 Å². The van der Waals surface area contributed by atoms with Crippen LogP contribution in [0.25, 0.3) is 11.0 Å². The van der Waals surface area contributed by atoms with E-state index >= 15 is 0 Å². The molecule has 0 bridgehead atoms. The van der Waals surface area contributed by atoms with E-state index in [9.17, 15) is 9.59 Å². The number of fused-ring (bicyclic) bond motifs is 1. The summed E-state index contributed by atoms with van der Waals surface area (Å²) in [7, 11) is 0. The molecule has 1 aliphatic rings. The van der Waals surface area contributed by atoms with Gasteiger partial charge in [-0.3, -0.25) is 4.79 Å². The van der Waals surface area contributed by atoms with Crippen LogP contribution in [0.4, 0.5) is 0 Å². The van der Waals surface area contributed by atoms with Crippen LogP contribution < -0.4 is 5.32 Å². The fraction of sp³-hybridized carbons (Fsp3) is 0.545. The highest BCUT2D eigenvalue weighted by Gasteiger charge is 2.29. The number of hydrogen-bond donors (Lipinski definition) is 1. The molecule has 6 nitrogen and oxygen atoms in total. The normalized spacial score (nSPS) is 22.2. The molecule has 1 aromatic carbocycles. The predicted molar refractivity (Wildman–Crippen MR) is 106 cm³/mol. The zero-order valence-electron chi connectivity index (χ0n) is 16.8. The van der Waals surface area contributed by atoms with E-state index in [0.29, 0.717) is 29.6 Å². The lowest BCUT2D eigenvalue weighted by Gasteiger charge is -2.34. The molecule has 1 aromatic heterocycles. The average Bonchev–Trinajstić information content (AvgIpc) is 3.06. The van der Waals surface area contributed by atoms with E-state index in [1.807, 2.05) is 25.1 Å². The van der Waals surface area contributed by atoms with Crippen molar-refractivity contribution in [1.29, 1.82) is 0 Å². The Kier molecular flexibility index (Phi) is 6.73. The van der Waals surface area contributed by atoms with Crippen LogP contribution in [0.15, 0.2) is 28.7 Å². The van der Waals surface area contributed by atoms with Gasteiger partial charge in [-0.2, -0.15) is 0 Å². The largest absolute Gasteiger partial charge is 0.450 e. The number of benzene rings is 1. The summed E-state index contributed by atoms with van der Waals surface area (Å²) >= 11 is 0. The van der Waals surface area contributed by atoms with Gasteiger partial charge >= 0.3 is 5.97 Å². The third kappa shape index (κ3) is 4.55. The van der Waals surface area contributed by atoms with Crippen molar-refractivity contribution in [2.45, 2.75) is 52.7 Å². The quantitative estimate of drug-likeness (QED) is 0.725. The Labute approximate surface area is 165 Å². The number of hydrogen-bond acceptors (Lipinski definition) is 5. The van der Waals surface area contributed by atoms with E-state index in [-0.39, 0.29) is 30.9 Å². The summed E-state index contributed by atoms with van der Waals surface area (Å²) in [5.41, 5.74) is 1.25. The van der Waals surface area contributed by atoms with Crippen LogP contribution in [0.1, 0.15) is 56.2 Å². The highest BCUT2D eigenvalue weighted by molar-refractivity contribution is 5.96. The highest BCUT2D eigenvalue weighted by atomic mass is 16.5. The van der Waals surface area contributed by atoms with E-state index in [1.165, 1.54) is 6.42 Å². The van der Waals surface area contributed by atoms with Crippen molar-refractivity contribution < 1.29 is 23.5 Å². The molecule has 1 amide bonds. The van der Waals surface area contributed by atoms with E-state index in [1.54, 1.807) is 6.07 Å². The summed E-state index contributed by atoms with van der Waals surface area (Å²) in [6.07, 6.45) is 3.26. The first-order valence-electron chi connectivity index (χ1n) is 10.1. The first-order valence-corrected chi connectivity index (χ1v) is 10.1. The van der Waals surface area contributed by atoms with Gasteiger partial charge in [-0.15, -0.1) is 0 Å². The summed E-state index contributed by atoms with van der Waals surface area (Å²) in [6.45, 7) is 6.72. The van der Waals surface area contributed by atoms with Gasteiger partial charge in [0.2, 0.25) is 5.76 Å². The Morgan fingerprint density at radius 3 is 2.79 bits per heavy atom. The summed E-state index contributed by atoms with van der Waals surface area (Å²) < 4.78 is 16.4. The molecule has 152 valence electrons. The fourth-order valence-corrected chi connectivity index (χ4v) is 3.84. The van der Waals surface area contributed by atoms with E-state index in [2.05, 4.69) is 19.2 Å². The van der Waals surface area contributed by atoms with E-state index < -0.39 is 5.97 Å². The lowest BCUT2D eigenvalue weighted by atomic mass is 9.78. The van der Waals surface area contributed by atoms with Crippen LogP contribution in [0.2, 0.25) is 0 Å². The molecule has 0 aliphatic heterocycles. The van der Waals surface area contributed by atoms with Crippen molar-refractivity contribution in [3.05, 3.63) is 35.6 Å². The minimum atomic E-state index is -0.647. The predicted octanol–water partition coefficient (Wildman–Crippen LogP) is 4.07. The first kappa shape index (κ1) is 20.4. The van der Waals surface area contributed by atoms with Gasteiger partial charge in [0.25, 0.3) is 5.91 Å². The van der Waals surface area contributed by atoms with Crippen LogP contribution in [-0.2, 0) is 20.9 Å². The second-order valence-electron chi connectivity index (χ2n) is 7.56.